The van der Waals surface area contributed by atoms with Gasteiger partial charge in [0.25, 0.3) is 10.0 Å². The summed E-state index contributed by atoms with van der Waals surface area (Å²) in [5, 5.41) is 1.97. The van der Waals surface area contributed by atoms with Crippen molar-refractivity contribution in [2.75, 3.05) is 12.4 Å². The summed E-state index contributed by atoms with van der Waals surface area (Å²) in [6.45, 7) is 0. The number of rotatable bonds is 5. The van der Waals surface area contributed by atoms with E-state index < -0.39 is 27.1 Å². The van der Waals surface area contributed by atoms with E-state index in [2.05, 4.69) is 9.97 Å². The first-order chi connectivity index (χ1) is 13.0. The summed E-state index contributed by atoms with van der Waals surface area (Å²) in [6.07, 6.45) is -4.17. The number of anilines is 1. The van der Waals surface area contributed by atoms with Crippen molar-refractivity contribution in [1.82, 2.24) is 14.7 Å². The number of carbonyl (C=O) groups is 1. The highest BCUT2D eigenvalue weighted by Gasteiger charge is 2.24. The lowest BCUT2D eigenvalue weighted by atomic mass is 10.2. The van der Waals surface area contributed by atoms with Crippen LogP contribution < -0.4 is 14.8 Å². The normalized spacial score (nSPS) is 12.0. The van der Waals surface area contributed by atoms with Crippen LogP contribution in [0.4, 0.5) is 23.9 Å². The van der Waals surface area contributed by atoms with Gasteiger partial charge in [-0.1, -0.05) is 29.8 Å². The minimum atomic E-state index is -4.63. The number of benzene rings is 1. The molecule has 0 aliphatic heterocycles. The number of nitrogens with one attached hydrogen (secondary N) is 2. The second kappa shape index (κ2) is 8.44. The van der Waals surface area contributed by atoms with Crippen molar-refractivity contribution in [2.45, 2.75) is 11.1 Å². The SMILES string of the molecule is COc1cc(Cl)nc(NC(=O)NS(=O)(=O)c2ccccc2C=CC(F)(F)F)n1. The number of hydrogen-bond acceptors (Lipinski definition) is 6. The van der Waals surface area contributed by atoms with Crippen molar-refractivity contribution < 1.29 is 31.1 Å². The van der Waals surface area contributed by atoms with Crippen molar-refractivity contribution >= 4 is 39.7 Å². The maximum absolute atomic E-state index is 12.4. The van der Waals surface area contributed by atoms with Gasteiger partial charge in [-0.3, -0.25) is 5.32 Å². The molecule has 0 radical (unpaired) electrons. The zero-order chi connectivity index (χ0) is 20.9. The zero-order valence-corrected chi connectivity index (χ0v) is 15.6. The summed E-state index contributed by atoms with van der Waals surface area (Å²) in [4.78, 5) is 18.9. The molecule has 28 heavy (non-hydrogen) atoms. The lowest BCUT2D eigenvalue weighted by molar-refractivity contribution is -0.0790. The predicted octanol–water partition coefficient (Wildman–Crippen LogP) is 3.22. The first-order valence-electron chi connectivity index (χ1n) is 7.27. The van der Waals surface area contributed by atoms with Crippen molar-refractivity contribution in [3.05, 3.63) is 47.1 Å². The fourth-order valence-corrected chi connectivity index (χ4v) is 3.19. The Morgan fingerprint density at radius 2 is 1.93 bits per heavy atom. The van der Waals surface area contributed by atoms with Crippen LogP contribution in [0.25, 0.3) is 6.08 Å². The maximum atomic E-state index is 12.4. The molecule has 0 unspecified atom stereocenters. The molecule has 0 bridgehead atoms. The molecule has 0 atom stereocenters. The van der Waals surface area contributed by atoms with Gasteiger partial charge in [0.15, 0.2) is 0 Å². The summed E-state index contributed by atoms with van der Waals surface area (Å²) in [6, 6.07) is 4.84. The minimum absolute atomic E-state index is 0.0146. The van der Waals surface area contributed by atoms with Gasteiger partial charge < -0.3 is 4.74 Å². The molecule has 0 spiro atoms. The molecule has 0 aliphatic carbocycles. The van der Waals surface area contributed by atoms with Crippen LogP contribution in [0.1, 0.15) is 5.56 Å². The second-order valence-electron chi connectivity index (χ2n) is 5.03. The highest BCUT2D eigenvalue weighted by atomic mass is 35.5. The molecule has 2 rings (SSSR count). The van der Waals surface area contributed by atoms with Crippen LogP contribution in [0.5, 0.6) is 5.88 Å². The van der Waals surface area contributed by atoms with Crippen molar-refractivity contribution in [3.63, 3.8) is 0 Å². The smallest absolute Gasteiger partial charge is 0.409 e. The van der Waals surface area contributed by atoms with Crippen LogP contribution in [-0.4, -0.2) is 37.7 Å². The van der Waals surface area contributed by atoms with Gasteiger partial charge in [-0.05, 0) is 17.7 Å². The number of ether oxygens (including phenoxy) is 1. The van der Waals surface area contributed by atoms with E-state index in [0.29, 0.717) is 6.08 Å². The van der Waals surface area contributed by atoms with Crippen molar-refractivity contribution in [1.29, 1.82) is 0 Å². The number of halogens is 4. The van der Waals surface area contributed by atoms with Crippen molar-refractivity contribution in [2.24, 2.45) is 0 Å². The Bertz CT molecular complexity index is 1010. The number of hydrogen-bond donors (Lipinski definition) is 2. The van der Waals surface area contributed by atoms with Gasteiger partial charge in [-0.15, -0.1) is 0 Å². The molecule has 2 amide bonds. The Hall–Kier alpha value is -2.86. The Kier molecular flexibility index (Phi) is 6.46. The average Bonchev–Trinajstić information content (AvgIpc) is 2.58. The molecule has 13 heteroatoms. The highest BCUT2D eigenvalue weighted by molar-refractivity contribution is 7.90. The zero-order valence-electron chi connectivity index (χ0n) is 14.0. The van der Waals surface area contributed by atoms with Crippen LogP contribution >= 0.6 is 11.6 Å². The molecule has 1 heterocycles. The molecular weight excluding hydrogens is 425 g/mol. The quantitative estimate of drug-likeness (QED) is 0.696. The van der Waals surface area contributed by atoms with Gasteiger partial charge in [-0.25, -0.2) is 22.9 Å². The third-order valence-electron chi connectivity index (χ3n) is 2.99. The molecule has 0 aliphatic rings. The molecular formula is C15H12ClF3N4O4S. The molecule has 1 aromatic heterocycles. The topological polar surface area (TPSA) is 110 Å². The fraction of sp³-hybridized carbons (Fsp3) is 0.133. The Morgan fingerprint density at radius 3 is 2.57 bits per heavy atom. The summed E-state index contributed by atoms with van der Waals surface area (Å²) >= 11 is 5.71. The van der Waals surface area contributed by atoms with Gasteiger partial charge in [0.05, 0.1) is 12.0 Å². The predicted molar refractivity (Wildman–Crippen MR) is 94.5 cm³/mol. The van der Waals surface area contributed by atoms with E-state index in [1.807, 2.05) is 5.32 Å². The number of sulfonamides is 1. The lowest BCUT2D eigenvalue weighted by Crippen LogP contribution is -2.35. The Morgan fingerprint density at radius 1 is 1.25 bits per heavy atom. The highest BCUT2D eigenvalue weighted by Crippen LogP contribution is 2.22. The van der Waals surface area contributed by atoms with E-state index >= 15 is 0 Å². The van der Waals surface area contributed by atoms with Crippen molar-refractivity contribution in [3.8, 4) is 5.88 Å². The Balaban J connectivity index is 2.23. The monoisotopic (exact) mass is 436 g/mol. The van der Waals surface area contributed by atoms with E-state index in [-0.39, 0.29) is 28.6 Å². The summed E-state index contributed by atoms with van der Waals surface area (Å²) in [7, 11) is -3.21. The van der Waals surface area contributed by atoms with Gasteiger partial charge in [-0.2, -0.15) is 18.2 Å². The number of amides is 2. The minimum Gasteiger partial charge on any atom is -0.481 e. The van der Waals surface area contributed by atoms with Crippen LogP contribution in [0, 0.1) is 0 Å². The summed E-state index contributed by atoms with van der Waals surface area (Å²) in [5.74, 6) is -0.330. The Labute approximate surface area is 162 Å². The van der Waals surface area contributed by atoms with E-state index in [0.717, 1.165) is 12.1 Å². The fourth-order valence-electron chi connectivity index (χ4n) is 1.91. The molecule has 2 aromatic rings. The molecule has 150 valence electrons. The second-order valence-corrected chi connectivity index (χ2v) is 7.07. The van der Waals surface area contributed by atoms with Crippen LogP contribution in [0.2, 0.25) is 5.15 Å². The van der Waals surface area contributed by atoms with E-state index in [9.17, 15) is 26.4 Å². The van der Waals surface area contributed by atoms with Gasteiger partial charge in [0.2, 0.25) is 11.8 Å². The molecule has 0 saturated heterocycles. The number of carbonyl (C=O) groups excluding carboxylic acids is 1. The van der Waals surface area contributed by atoms with Crippen LogP contribution in [0.15, 0.2) is 41.3 Å². The van der Waals surface area contributed by atoms with Crippen LogP contribution in [0.3, 0.4) is 0 Å². The third-order valence-corrected chi connectivity index (χ3v) is 4.59. The molecule has 0 saturated carbocycles. The first kappa shape index (κ1) is 21.4. The first-order valence-corrected chi connectivity index (χ1v) is 9.13. The lowest BCUT2D eigenvalue weighted by Gasteiger charge is -2.10. The maximum Gasteiger partial charge on any atom is 0.409 e. The number of aromatic nitrogens is 2. The van der Waals surface area contributed by atoms with Crippen LogP contribution in [-0.2, 0) is 10.0 Å². The number of alkyl halides is 3. The van der Waals surface area contributed by atoms with E-state index in [1.54, 1.807) is 4.72 Å². The largest absolute Gasteiger partial charge is 0.481 e. The van der Waals surface area contributed by atoms with Gasteiger partial charge in [0.1, 0.15) is 5.15 Å². The van der Waals surface area contributed by atoms with Gasteiger partial charge in [0, 0.05) is 12.1 Å². The third kappa shape index (κ3) is 6.09. The summed E-state index contributed by atoms with van der Waals surface area (Å²) < 4.78 is 68.4. The molecule has 2 N–H and O–H groups in total. The van der Waals surface area contributed by atoms with E-state index in [4.69, 9.17) is 16.3 Å². The average molecular weight is 437 g/mol. The van der Waals surface area contributed by atoms with Gasteiger partial charge >= 0.3 is 12.2 Å². The standard InChI is InChI=1S/C15H12ClF3N4O4S/c1-27-12-8-11(16)20-13(21-12)22-14(24)23-28(25,26)10-5-3-2-4-9(10)6-7-15(17,18)19/h2-8H,1H3,(H2,20,21,22,23,24). The number of allylic oxidation sites excluding steroid dienone is 1. The molecule has 0 fully saturated rings. The molecule has 1 aromatic carbocycles. The molecule has 8 nitrogen and oxygen atoms in total. The number of nitrogens with zero attached hydrogens (tertiary/aromatic N) is 2. The summed E-state index contributed by atoms with van der Waals surface area (Å²) in [5.41, 5.74) is -0.263. The van der Waals surface area contributed by atoms with E-state index in [1.165, 1.54) is 25.3 Å². The number of methoxy groups -OCH3 is 1. The number of urea groups is 1.